The fourth-order valence-corrected chi connectivity index (χ4v) is 0.847. The fourth-order valence-electron chi connectivity index (χ4n) is 0.847. The fraction of sp³-hybridized carbons (Fsp3) is 0.900. The summed E-state index contributed by atoms with van der Waals surface area (Å²) < 4.78 is 0. The first-order valence-corrected chi connectivity index (χ1v) is 4.38. The Labute approximate surface area is 71.9 Å². The average Bonchev–Trinajstić information content (AvgIpc) is 1.89. The quantitative estimate of drug-likeness (QED) is 0.516. The Morgan fingerprint density at radius 3 is 1.64 bits per heavy atom. The van der Waals surface area contributed by atoms with E-state index in [4.69, 9.17) is 0 Å². The van der Waals surface area contributed by atoms with Crippen molar-refractivity contribution in [1.82, 2.24) is 0 Å². The van der Waals surface area contributed by atoms with Gasteiger partial charge >= 0.3 is 0 Å². The van der Waals surface area contributed by atoms with Gasteiger partial charge in [0.25, 0.3) is 0 Å². The zero-order chi connectivity index (χ0) is 9.49. The molecule has 0 N–H and O–H groups in total. The maximum atomic E-state index is 4.09. The van der Waals surface area contributed by atoms with Crippen molar-refractivity contribution in [3.8, 4) is 0 Å². The van der Waals surface area contributed by atoms with Crippen LogP contribution in [0.15, 0.2) is 4.99 Å². The van der Waals surface area contributed by atoms with Crippen molar-refractivity contribution in [3.63, 3.8) is 0 Å². The molecule has 11 heavy (non-hydrogen) atoms. The molecule has 0 amide bonds. The van der Waals surface area contributed by atoms with E-state index in [1.54, 1.807) is 0 Å². The number of hydrogen-bond donors (Lipinski definition) is 0. The molecule has 0 aliphatic heterocycles. The van der Waals surface area contributed by atoms with E-state index in [2.05, 4.69) is 32.7 Å². The third-order valence-electron chi connectivity index (χ3n) is 1.17. The maximum Gasteiger partial charge on any atom is 0.0276 e. The summed E-state index contributed by atoms with van der Waals surface area (Å²) in [5.41, 5.74) is 1.63. The highest BCUT2D eigenvalue weighted by Gasteiger charge is 2.10. The first-order chi connectivity index (χ1) is 4.95. The molecular formula is C10H23N. The van der Waals surface area contributed by atoms with E-state index in [1.165, 1.54) is 5.71 Å². The van der Waals surface area contributed by atoms with Gasteiger partial charge in [-0.25, -0.2) is 0 Å². The lowest BCUT2D eigenvalue weighted by atomic mass is 9.90. The maximum absolute atomic E-state index is 4.09. The lowest BCUT2D eigenvalue weighted by molar-refractivity contribution is 0.433. The van der Waals surface area contributed by atoms with E-state index < -0.39 is 0 Å². The molecule has 0 heterocycles. The first kappa shape index (κ1) is 13.3. The minimum atomic E-state index is 0.392. The van der Waals surface area contributed by atoms with Gasteiger partial charge in [0, 0.05) is 12.8 Å². The Kier molecular flexibility index (Phi) is 7.70. The summed E-state index contributed by atoms with van der Waals surface area (Å²) >= 11 is 0. The predicted molar refractivity (Wildman–Crippen MR) is 54.5 cm³/mol. The molecule has 0 unspecified atom stereocenters. The normalized spacial score (nSPS) is 12.1. The highest BCUT2D eigenvalue weighted by molar-refractivity contribution is 5.82. The van der Waals surface area contributed by atoms with E-state index in [1.807, 2.05) is 20.9 Å². The minimum Gasteiger partial charge on any atom is -0.298 e. The van der Waals surface area contributed by atoms with Gasteiger partial charge in [0.05, 0.1) is 0 Å². The van der Waals surface area contributed by atoms with Gasteiger partial charge in [0.15, 0.2) is 0 Å². The minimum absolute atomic E-state index is 0.392. The molecular weight excluding hydrogens is 134 g/mol. The summed E-state index contributed by atoms with van der Waals surface area (Å²) in [6.45, 7) is 12.7. The van der Waals surface area contributed by atoms with Crippen LogP contribution in [-0.2, 0) is 0 Å². The van der Waals surface area contributed by atoms with Crippen LogP contribution in [0.2, 0.25) is 0 Å². The van der Waals surface area contributed by atoms with Crippen LogP contribution in [0.25, 0.3) is 0 Å². The van der Waals surface area contributed by atoms with Crippen LogP contribution in [0.4, 0.5) is 0 Å². The van der Waals surface area contributed by atoms with Crippen molar-refractivity contribution >= 4 is 5.71 Å². The van der Waals surface area contributed by atoms with E-state index >= 15 is 0 Å². The second kappa shape index (κ2) is 6.38. The molecule has 0 aromatic rings. The predicted octanol–water partition coefficient (Wildman–Crippen LogP) is 3.54. The summed E-state index contributed by atoms with van der Waals surface area (Å²) in [6, 6.07) is 0. The van der Waals surface area contributed by atoms with Crippen molar-refractivity contribution in [2.75, 3.05) is 7.05 Å². The summed E-state index contributed by atoms with van der Waals surface area (Å²) in [7, 11) is 1.85. The zero-order valence-electron chi connectivity index (χ0n) is 9.15. The highest BCUT2D eigenvalue weighted by Crippen LogP contribution is 2.18. The smallest absolute Gasteiger partial charge is 0.0276 e. The molecule has 0 saturated carbocycles. The molecule has 68 valence electrons. The largest absolute Gasteiger partial charge is 0.298 e. The van der Waals surface area contributed by atoms with Crippen LogP contribution in [-0.4, -0.2) is 12.8 Å². The molecule has 0 aromatic carbocycles. The molecule has 0 aliphatic rings. The second-order valence-electron chi connectivity index (χ2n) is 3.70. The number of rotatable bonds is 1. The topological polar surface area (TPSA) is 12.4 Å². The Morgan fingerprint density at radius 1 is 1.18 bits per heavy atom. The van der Waals surface area contributed by atoms with Crippen LogP contribution >= 0.6 is 0 Å². The second-order valence-corrected chi connectivity index (χ2v) is 3.70. The Bertz CT molecular complexity index is 107. The van der Waals surface area contributed by atoms with Gasteiger partial charge in [0.1, 0.15) is 0 Å². The van der Waals surface area contributed by atoms with Gasteiger partial charge in [0.2, 0.25) is 0 Å². The first-order valence-electron chi connectivity index (χ1n) is 4.38. The van der Waals surface area contributed by atoms with Crippen molar-refractivity contribution < 1.29 is 0 Å². The lowest BCUT2D eigenvalue weighted by Crippen LogP contribution is -2.10. The molecule has 1 nitrogen and oxygen atoms in total. The monoisotopic (exact) mass is 157 g/mol. The van der Waals surface area contributed by atoms with Crippen LogP contribution in [0.1, 0.15) is 48.0 Å². The Morgan fingerprint density at radius 2 is 1.55 bits per heavy atom. The van der Waals surface area contributed by atoms with Crippen molar-refractivity contribution in [1.29, 1.82) is 0 Å². The SMILES string of the molecule is CC.CN=C(C)CC(C)(C)C. The number of aliphatic imine (C=N–C) groups is 1. The van der Waals surface area contributed by atoms with E-state index in [-0.39, 0.29) is 0 Å². The van der Waals surface area contributed by atoms with Gasteiger partial charge in [-0.2, -0.15) is 0 Å². The molecule has 1 heteroatoms. The standard InChI is InChI=1S/C8H17N.C2H6/c1-7(9-5)6-8(2,3)4;1-2/h6H2,1-5H3;1-2H3. The molecule has 0 bridgehead atoms. The van der Waals surface area contributed by atoms with Gasteiger partial charge in [-0.05, 0) is 18.8 Å². The molecule has 0 atom stereocenters. The summed E-state index contributed by atoms with van der Waals surface area (Å²) in [5, 5.41) is 0. The molecule has 0 aliphatic carbocycles. The van der Waals surface area contributed by atoms with Crippen LogP contribution in [0.3, 0.4) is 0 Å². The zero-order valence-corrected chi connectivity index (χ0v) is 9.15. The van der Waals surface area contributed by atoms with Crippen molar-refractivity contribution in [2.45, 2.75) is 48.0 Å². The average molecular weight is 157 g/mol. The summed E-state index contributed by atoms with van der Waals surface area (Å²) in [5.74, 6) is 0. The van der Waals surface area contributed by atoms with Gasteiger partial charge in [-0.3, -0.25) is 4.99 Å². The van der Waals surface area contributed by atoms with Gasteiger partial charge in [-0.15, -0.1) is 0 Å². The molecule has 0 rings (SSSR count). The number of nitrogens with zero attached hydrogens (tertiary/aromatic N) is 1. The van der Waals surface area contributed by atoms with Gasteiger partial charge in [-0.1, -0.05) is 34.6 Å². The molecule has 0 fully saturated rings. The van der Waals surface area contributed by atoms with E-state index in [9.17, 15) is 0 Å². The third-order valence-corrected chi connectivity index (χ3v) is 1.17. The highest BCUT2D eigenvalue weighted by atomic mass is 14.7. The Balaban J connectivity index is 0. The van der Waals surface area contributed by atoms with Crippen LogP contribution in [0, 0.1) is 5.41 Å². The molecule has 0 spiro atoms. The molecule has 0 aromatic heterocycles. The Hall–Kier alpha value is -0.330. The van der Waals surface area contributed by atoms with Crippen LogP contribution < -0.4 is 0 Å². The molecule has 0 saturated heterocycles. The van der Waals surface area contributed by atoms with Crippen LogP contribution in [0.5, 0.6) is 0 Å². The van der Waals surface area contributed by atoms with Crippen molar-refractivity contribution in [2.24, 2.45) is 10.4 Å². The third kappa shape index (κ3) is 12.8. The molecule has 0 radical (unpaired) electrons. The van der Waals surface area contributed by atoms with E-state index in [0.717, 1.165) is 6.42 Å². The summed E-state index contributed by atoms with van der Waals surface area (Å²) in [4.78, 5) is 4.09. The van der Waals surface area contributed by atoms with E-state index in [0.29, 0.717) is 5.41 Å². The summed E-state index contributed by atoms with van der Waals surface area (Å²) in [6.07, 6.45) is 1.10. The number of hydrogen-bond acceptors (Lipinski definition) is 1. The lowest BCUT2D eigenvalue weighted by Gasteiger charge is -2.16. The van der Waals surface area contributed by atoms with Crippen molar-refractivity contribution in [3.05, 3.63) is 0 Å². The van der Waals surface area contributed by atoms with Gasteiger partial charge < -0.3 is 0 Å².